The first-order chi connectivity index (χ1) is 3.81. The van der Waals surface area contributed by atoms with Crippen LogP contribution in [0.5, 0.6) is 0 Å². The number of carbonyl (C=O) groups excluding carboxylic acids is 2. The van der Waals surface area contributed by atoms with E-state index in [0.717, 1.165) is 6.08 Å². The van der Waals surface area contributed by atoms with Crippen LogP contribution in [0.3, 0.4) is 0 Å². The predicted octanol–water partition coefficient (Wildman–Crippen LogP) is 0.425. The summed E-state index contributed by atoms with van der Waals surface area (Å²) in [6.07, 6.45) is 2.61. The lowest BCUT2D eigenvalue weighted by Crippen LogP contribution is -1.86. The monoisotopic (exact) mass is 111 g/mol. The second kappa shape index (κ2) is 3.96. The number of hydrogen-bond donors (Lipinski definition) is 0. The average molecular weight is 111 g/mol. The summed E-state index contributed by atoms with van der Waals surface area (Å²) in [6.45, 7) is 3.27. The molecule has 8 heavy (non-hydrogen) atoms. The van der Waals surface area contributed by atoms with Gasteiger partial charge < -0.3 is 0 Å². The Morgan fingerprint density at radius 1 is 1.88 bits per heavy atom. The maximum absolute atomic E-state index is 10.1. The smallest absolute Gasteiger partial charge is 0.260 e. The second-order valence-electron chi connectivity index (χ2n) is 1.09. The lowest BCUT2D eigenvalue weighted by atomic mass is 10.4. The van der Waals surface area contributed by atoms with E-state index in [4.69, 9.17) is 0 Å². The highest BCUT2D eigenvalue weighted by molar-refractivity contribution is 5.82. The van der Waals surface area contributed by atoms with Gasteiger partial charge in [-0.1, -0.05) is 6.08 Å². The minimum Gasteiger partial charge on any atom is -0.271 e. The standard InChI is InChI=1S/C5H5NO2/c1-2-3-5(8)6-4-7/h2H,1,3H2. The molecule has 0 aliphatic carbocycles. The first-order valence-corrected chi connectivity index (χ1v) is 2.03. The van der Waals surface area contributed by atoms with Crippen LogP contribution in [0, 0.1) is 0 Å². The zero-order valence-corrected chi connectivity index (χ0v) is 4.26. The summed E-state index contributed by atoms with van der Waals surface area (Å²) in [4.78, 5) is 22.3. The minimum atomic E-state index is -0.505. The number of aliphatic imine (C=N–C) groups is 1. The van der Waals surface area contributed by atoms with Crippen molar-refractivity contribution in [2.24, 2.45) is 4.99 Å². The third-order valence-electron chi connectivity index (χ3n) is 0.489. The van der Waals surface area contributed by atoms with Crippen LogP contribution >= 0.6 is 0 Å². The van der Waals surface area contributed by atoms with E-state index in [2.05, 4.69) is 11.6 Å². The summed E-state index contributed by atoms with van der Waals surface area (Å²) in [5, 5.41) is 0. The van der Waals surface area contributed by atoms with Crippen molar-refractivity contribution in [3.8, 4) is 0 Å². The van der Waals surface area contributed by atoms with E-state index in [-0.39, 0.29) is 6.42 Å². The summed E-state index contributed by atoms with van der Waals surface area (Å²) in [7, 11) is 0. The van der Waals surface area contributed by atoms with Crippen LogP contribution in [0.2, 0.25) is 0 Å². The topological polar surface area (TPSA) is 46.5 Å². The van der Waals surface area contributed by atoms with Crippen molar-refractivity contribution in [3.05, 3.63) is 12.7 Å². The molecule has 0 heterocycles. The number of nitrogens with zero attached hydrogens (tertiary/aromatic N) is 1. The highest BCUT2D eigenvalue weighted by Crippen LogP contribution is 1.81. The van der Waals surface area contributed by atoms with Crippen molar-refractivity contribution in [2.75, 3.05) is 0 Å². The van der Waals surface area contributed by atoms with Crippen LogP contribution < -0.4 is 0 Å². The largest absolute Gasteiger partial charge is 0.271 e. The molecule has 0 bridgehead atoms. The molecule has 0 N–H and O–H groups in total. The molecule has 1 amide bonds. The molecule has 0 spiro atoms. The van der Waals surface area contributed by atoms with Gasteiger partial charge in [-0.2, -0.15) is 0 Å². The fourth-order valence-corrected chi connectivity index (χ4v) is 0.220. The van der Waals surface area contributed by atoms with Gasteiger partial charge in [-0.15, -0.1) is 11.6 Å². The van der Waals surface area contributed by atoms with E-state index in [1.807, 2.05) is 0 Å². The Balaban J connectivity index is 3.65. The fourth-order valence-electron chi connectivity index (χ4n) is 0.220. The average Bonchev–Trinajstić information content (AvgIpc) is 1.68. The van der Waals surface area contributed by atoms with E-state index < -0.39 is 5.91 Å². The molecule has 0 rings (SSSR count). The van der Waals surface area contributed by atoms with Crippen molar-refractivity contribution in [1.29, 1.82) is 0 Å². The summed E-state index contributed by atoms with van der Waals surface area (Å²) in [5.41, 5.74) is 0. The number of rotatable bonds is 2. The molecule has 0 aliphatic rings. The fraction of sp³-hybridized carbons (Fsp3) is 0.200. The molecule has 0 atom stereocenters. The Kier molecular flexibility index (Phi) is 3.36. The number of carbonyl (C=O) groups is 1. The molecular formula is C5H5NO2. The Morgan fingerprint density at radius 2 is 2.50 bits per heavy atom. The second-order valence-corrected chi connectivity index (χ2v) is 1.09. The minimum absolute atomic E-state index is 0.106. The molecule has 0 saturated carbocycles. The van der Waals surface area contributed by atoms with Crippen LogP contribution in [0.25, 0.3) is 0 Å². The molecule has 0 fully saturated rings. The van der Waals surface area contributed by atoms with Crippen LogP contribution in [0.4, 0.5) is 0 Å². The Bertz CT molecular complexity index is 145. The van der Waals surface area contributed by atoms with E-state index in [1.54, 1.807) is 0 Å². The van der Waals surface area contributed by atoms with Crippen molar-refractivity contribution in [2.45, 2.75) is 6.42 Å². The summed E-state index contributed by atoms with van der Waals surface area (Å²) < 4.78 is 0. The van der Waals surface area contributed by atoms with Gasteiger partial charge in [-0.25, -0.2) is 4.79 Å². The SMILES string of the molecule is C=CCC(=O)N=C=O. The van der Waals surface area contributed by atoms with Crippen molar-refractivity contribution in [1.82, 2.24) is 0 Å². The van der Waals surface area contributed by atoms with Gasteiger partial charge in [0.2, 0.25) is 6.08 Å². The lowest BCUT2D eigenvalue weighted by molar-refractivity contribution is -0.116. The first kappa shape index (κ1) is 6.79. The van der Waals surface area contributed by atoms with Gasteiger partial charge in [-0.05, 0) is 0 Å². The van der Waals surface area contributed by atoms with Crippen LogP contribution in [-0.2, 0) is 9.59 Å². The maximum atomic E-state index is 10.1. The first-order valence-electron chi connectivity index (χ1n) is 2.03. The molecule has 0 aliphatic heterocycles. The molecule has 42 valence electrons. The molecule has 0 unspecified atom stereocenters. The molecule has 0 radical (unpaired) electrons. The van der Waals surface area contributed by atoms with Crippen molar-refractivity contribution in [3.63, 3.8) is 0 Å². The van der Waals surface area contributed by atoms with E-state index in [9.17, 15) is 9.59 Å². The van der Waals surface area contributed by atoms with Gasteiger partial charge in [0.25, 0.3) is 5.91 Å². The van der Waals surface area contributed by atoms with E-state index >= 15 is 0 Å². The van der Waals surface area contributed by atoms with Crippen LogP contribution in [0.15, 0.2) is 17.6 Å². The van der Waals surface area contributed by atoms with Gasteiger partial charge in [0, 0.05) is 6.42 Å². The predicted molar refractivity (Wildman–Crippen MR) is 27.9 cm³/mol. The van der Waals surface area contributed by atoms with Crippen LogP contribution in [0.1, 0.15) is 6.42 Å². The summed E-state index contributed by atoms with van der Waals surface area (Å²) in [6, 6.07) is 0. The van der Waals surface area contributed by atoms with Gasteiger partial charge in [0.05, 0.1) is 0 Å². The Morgan fingerprint density at radius 3 is 2.88 bits per heavy atom. The molecule has 3 nitrogen and oxygen atoms in total. The lowest BCUT2D eigenvalue weighted by Gasteiger charge is -1.76. The van der Waals surface area contributed by atoms with Crippen LogP contribution in [-0.4, -0.2) is 12.0 Å². The molecule has 3 heteroatoms. The van der Waals surface area contributed by atoms with Gasteiger partial charge in [0.15, 0.2) is 0 Å². The molecule has 0 saturated heterocycles. The quantitative estimate of drug-likeness (QED) is 0.294. The van der Waals surface area contributed by atoms with E-state index in [1.165, 1.54) is 6.08 Å². The van der Waals surface area contributed by atoms with E-state index in [0.29, 0.717) is 0 Å². The highest BCUT2D eigenvalue weighted by atomic mass is 16.2. The molecular weight excluding hydrogens is 106 g/mol. The van der Waals surface area contributed by atoms with Gasteiger partial charge >= 0.3 is 0 Å². The van der Waals surface area contributed by atoms with Crippen molar-refractivity contribution < 1.29 is 9.59 Å². The zero-order chi connectivity index (χ0) is 6.41. The van der Waals surface area contributed by atoms with Gasteiger partial charge in [0.1, 0.15) is 0 Å². The molecule has 0 aromatic carbocycles. The number of isocyanates is 1. The van der Waals surface area contributed by atoms with Gasteiger partial charge in [-0.3, -0.25) is 4.79 Å². The third-order valence-corrected chi connectivity index (χ3v) is 0.489. The molecule has 0 aromatic heterocycles. The molecule has 0 aromatic rings. The zero-order valence-electron chi connectivity index (χ0n) is 4.26. The summed E-state index contributed by atoms with van der Waals surface area (Å²) >= 11 is 0. The summed E-state index contributed by atoms with van der Waals surface area (Å²) in [5.74, 6) is -0.505. The number of amides is 1. The maximum Gasteiger partial charge on any atom is 0.260 e. The Hall–Kier alpha value is -1.21. The normalized spacial score (nSPS) is 7.00. The highest BCUT2D eigenvalue weighted by Gasteiger charge is 1.89. The number of hydrogen-bond acceptors (Lipinski definition) is 2. The Labute approximate surface area is 46.7 Å². The third kappa shape index (κ3) is 3.00. The van der Waals surface area contributed by atoms with Crippen molar-refractivity contribution >= 4 is 12.0 Å².